The predicted octanol–water partition coefficient (Wildman–Crippen LogP) is -2.88. The van der Waals surface area contributed by atoms with Crippen LogP contribution in [0.3, 0.4) is 0 Å². The molecule has 0 bridgehead atoms. The van der Waals surface area contributed by atoms with Gasteiger partial charge in [0, 0.05) is 0 Å². The molecule has 104 valence electrons. The number of carbonyl (C=O) groups excluding carboxylic acids is 1. The summed E-state index contributed by atoms with van der Waals surface area (Å²) in [5, 5.41) is 37.7. The third kappa shape index (κ3) is 2.63. The lowest BCUT2D eigenvalue weighted by Crippen LogP contribution is -2.59. The quantitative estimate of drug-likeness (QED) is 0.400. The monoisotopic (exact) mass is 264 g/mol. The van der Waals surface area contributed by atoms with Crippen LogP contribution in [0.2, 0.25) is 0 Å². The Hall–Kier alpha value is -0.770. The Morgan fingerprint density at radius 3 is 2.50 bits per heavy atom. The molecule has 0 unspecified atom stereocenters. The zero-order valence-corrected chi connectivity index (χ0v) is 9.51. The van der Waals surface area contributed by atoms with Crippen LogP contribution in [-0.4, -0.2) is 76.4 Å². The van der Waals surface area contributed by atoms with Gasteiger partial charge in [-0.2, -0.15) is 0 Å². The van der Waals surface area contributed by atoms with Crippen LogP contribution < -0.4 is 0 Å². The van der Waals surface area contributed by atoms with E-state index in [-0.39, 0.29) is 13.0 Å². The molecule has 2 fully saturated rings. The van der Waals surface area contributed by atoms with Gasteiger partial charge < -0.3 is 34.6 Å². The minimum absolute atomic E-state index is 0.0367. The number of esters is 1. The highest BCUT2D eigenvalue weighted by Gasteiger charge is 2.45. The van der Waals surface area contributed by atoms with E-state index in [0.29, 0.717) is 0 Å². The van der Waals surface area contributed by atoms with E-state index in [1.165, 1.54) is 0 Å². The van der Waals surface area contributed by atoms with Gasteiger partial charge in [-0.25, -0.2) is 0 Å². The van der Waals surface area contributed by atoms with Crippen molar-refractivity contribution in [2.75, 3.05) is 13.2 Å². The average molecular weight is 264 g/mol. The third-order valence-corrected chi connectivity index (χ3v) is 3.00. The van der Waals surface area contributed by atoms with Crippen LogP contribution in [0, 0.1) is 0 Å². The van der Waals surface area contributed by atoms with Crippen molar-refractivity contribution < 1.29 is 39.4 Å². The molecule has 8 nitrogen and oxygen atoms in total. The SMILES string of the molecule is O=C1C[C@H](O[C@H]2O[C@H](CO)[C@@H](O)[C@H](O)[C@H]2O)CO1. The molecule has 2 aliphatic heterocycles. The molecule has 0 aromatic carbocycles. The van der Waals surface area contributed by atoms with Gasteiger partial charge in [0.05, 0.1) is 13.0 Å². The number of carbonyl (C=O) groups is 1. The zero-order chi connectivity index (χ0) is 13.3. The van der Waals surface area contributed by atoms with Gasteiger partial charge in [0.15, 0.2) is 6.29 Å². The first-order chi connectivity index (χ1) is 8.52. The van der Waals surface area contributed by atoms with E-state index in [2.05, 4.69) is 4.74 Å². The molecule has 18 heavy (non-hydrogen) atoms. The van der Waals surface area contributed by atoms with Gasteiger partial charge in [-0.3, -0.25) is 4.79 Å². The lowest BCUT2D eigenvalue weighted by Gasteiger charge is -2.40. The summed E-state index contributed by atoms with van der Waals surface area (Å²) in [7, 11) is 0. The van der Waals surface area contributed by atoms with Gasteiger partial charge in [0.2, 0.25) is 0 Å². The number of rotatable bonds is 3. The van der Waals surface area contributed by atoms with Gasteiger partial charge in [-0.05, 0) is 0 Å². The molecule has 0 aromatic heterocycles. The number of hydrogen-bond donors (Lipinski definition) is 4. The molecule has 6 atom stereocenters. The molecule has 2 aliphatic rings. The number of aliphatic hydroxyl groups excluding tert-OH is 4. The fourth-order valence-electron chi connectivity index (χ4n) is 1.95. The van der Waals surface area contributed by atoms with E-state index < -0.39 is 49.4 Å². The number of ether oxygens (including phenoxy) is 3. The summed E-state index contributed by atoms with van der Waals surface area (Å²) >= 11 is 0. The second-order valence-electron chi connectivity index (χ2n) is 4.34. The Balaban J connectivity index is 1.96. The van der Waals surface area contributed by atoms with Crippen molar-refractivity contribution in [2.45, 2.75) is 43.2 Å². The first-order valence-corrected chi connectivity index (χ1v) is 5.64. The van der Waals surface area contributed by atoms with Gasteiger partial charge >= 0.3 is 5.97 Å². The number of aliphatic hydroxyl groups is 4. The molecular formula is C10H16O8. The second-order valence-corrected chi connectivity index (χ2v) is 4.34. The predicted molar refractivity (Wildman–Crippen MR) is 54.2 cm³/mol. The Bertz CT molecular complexity index is 306. The molecule has 4 N–H and O–H groups in total. The van der Waals surface area contributed by atoms with Crippen molar-refractivity contribution in [3.05, 3.63) is 0 Å². The lowest BCUT2D eigenvalue weighted by molar-refractivity contribution is -0.310. The van der Waals surface area contributed by atoms with Crippen molar-refractivity contribution in [3.63, 3.8) is 0 Å². The van der Waals surface area contributed by atoms with Crippen molar-refractivity contribution in [1.82, 2.24) is 0 Å². The second kappa shape index (κ2) is 5.47. The normalized spacial score (nSPS) is 45.0. The first kappa shape index (κ1) is 13.7. The molecule has 2 saturated heterocycles. The standard InChI is InChI=1S/C10H16O8/c11-2-5-7(13)8(14)9(15)10(18-5)17-4-1-6(12)16-3-4/h4-5,7-11,13-15H,1-3H2/t4-,5+,7+,8-,9+,10-/m0/s1. The van der Waals surface area contributed by atoms with Gasteiger partial charge in [0.25, 0.3) is 0 Å². The van der Waals surface area contributed by atoms with Crippen molar-refractivity contribution in [2.24, 2.45) is 0 Å². The maximum atomic E-state index is 10.9. The summed E-state index contributed by atoms with van der Waals surface area (Å²) in [5.41, 5.74) is 0. The zero-order valence-electron chi connectivity index (χ0n) is 9.51. The molecule has 0 aliphatic carbocycles. The summed E-state index contributed by atoms with van der Waals surface area (Å²) in [5.74, 6) is -0.412. The Kier molecular flexibility index (Phi) is 4.15. The van der Waals surface area contributed by atoms with Crippen LogP contribution in [0.25, 0.3) is 0 Å². The molecule has 2 rings (SSSR count). The lowest BCUT2D eigenvalue weighted by atomic mass is 9.99. The first-order valence-electron chi connectivity index (χ1n) is 5.64. The van der Waals surface area contributed by atoms with E-state index in [4.69, 9.17) is 14.6 Å². The Morgan fingerprint density at radius 2 is 1.94 bits per heavy atom. The summed E-state index contributed by atoms with van der Waals surface area (Å²) < 4.78 is 15.1. The summed E-state index contributed by atoms with van der Waals surface area (Å²) in [6.07, 6.45) is -7.15. The van der Waals surface area contributed by atoms with Crippen molar-refractivity contribution in [1.29, 1.82) is 0 Å². The molecule has 0 spiro atoms. The van der Waals surface area contributed by atoms with Crippen LogP contribution in [0.5, 0.6) is 0 Å². The molecule has 0 saturated carbocycles. The minimum Gasteiger partial charge on any atom is -0.463 e. The molecule has 2 heterocycles. The largest absolute Gasteiger partial charge is 0.463 e. The van der Waals surface area contributed by atoms with E-state index in [1.54, 1.807) is 0 Å². The fraction of sp³-hybridized carbons (Fsp3) is 0.900. The van der Waals surface area contributed by atoms with Gasteiger partial charge in [-0.1, -0.05) is 0 Å². The Morgan fingerprint density at radius 1 is 1.22 bits per heavy atom. The maximum Gasteiger partial charge on any atom is 0.308 e. The van der Waals surface area contributed by atoms with E-state index in [9.17, 15) is 20.1 Å². The highest BCUT2D eigenvalue weighted by Crippen LogP contribution is 2.24. The minimum atomic E-state index is -1.49. The molecule has 8 heteroatoms. The van der Waals surface area contributed by atoms with Crippen LogP contribution in [-0.2, 0) is 19.0 Å². The van der Waals surface area contributed by atoms with Gasteiger partial charge in [-0.15, -0.1) is 0 Å². The highest BCUT2D eigenvalue weighted by atomic mass is 16.7. The van der Waals surface area contributed by atoms with Gasteiger partial charge in [0.1, 0.15) is 37.1 Å². The van der Waals surface area contributed by atoms with E-state index in [1.807, 2.05) is 0 Å². The summed E-state index contributed by atoms with van der Waals surface area (Å²) in [6.45, 7) is -0.473. The molecule has 0 radical (unpaired) electrons. The summed E-state index contributed by atoms with van der Waals surface area (Å²) in [4.78, 5) is 10.9. The topological polar surface area (TPSA) is 126 Å². The molecule has 0 aromatic rings. The van der Waals surface area contributed by atoms with Crippen LogP contribution in [0.1, 0.15) is 6.42 Å². The third-order valence-electron chi connectivity index (χ3n) is 3.00. The number of hydrogen-bond acceptors (Lipinski definition) is 8. The molecule has 0 amide bonds. The van der Waals surface area contributed by atoms with Crippen LogP contribution in [0.4, 0.5) is 0 Å². The summed E-state index contributed by atoms with van der Waals surface area (Å²) in [6, 6.07) is 0. The van der Waals surface area contributed by atoms with E-state index >= 15 is 0 Å². The number of cyclic esters (lactones) is 1. The van der Waals surface area contributed by atoms with Crippen LogP contribution >= 0.6 is 0 Å². The van der Waals surface area contributed by atoms with Crippen LogP contribution in [0.15, 0.2) is 0 Å². The smallest absolute Gasteiger partial charge is 0.308 e. The fourth-order valence-corrected chi connectivity index (χ4v) is 1.95. The Labute approximate surface area is 103 Å². The van der Waals surface area contributed by atoms with Crippen molar-refractivity contribution in [3.8, 4) is 0 Å². The average Bonchev–Trinajstić information content (AvgIpc) is 2.75. The van der Waals surface area contributed by atoms with E-state index in [0.717, 1.165) is 0 Å². The van der Waals surface area contributed by atoms with Crippen molar-refractivity contribution >= 4 is 5.97 Å². The highest BCUT2D eigenvalue weighted by molar-refractivity contribution is 5.71. The maximum absolute atomic E-state index is 10.9. The molecular weight excluding hydrogens is 248 g/mol.